The molecule has 5 fully saturated rings. The molecule has 5 aliphatic rings. The molecule has 10 unspecified atom stereocenters. The first-order chi connectivity index (χ1) is 14.3. The Bertz CT molecular complexity index is 766. The van der Waals surface area contributed by atoms with E-state index in [9.17, 15) is 5.11 Å². The summed E-state index contributed by atoms with van der Waals surface area (Å²) in [4.78, 5) is 0. The van der Waals surface area contributed by atoms with Crippen molar-refractivity contribution in [3.8, 4) is 0 Å². The van der Waals surface area contributed by atoms with E-state index in [4.69, 9.17) is 0 Å². The molecule has 1 nitrogen and oxygen atoms in total. The van der Waals surface area contributed by atoms with Gasteiger partial charge < -0.3 is 5.11 Å². The summed E-state index contributed by atoms with van der Waals surface area (Å²) in [5.41, 5.74) is 3.42. The van der Waals surface area contributed by atoms with Gasteiger partial charge >= 0.3 is 0 Å². The highest BCUT2D eigenvalue weighted by Crippen LogP contribution is 2.77. The Morgan fingerprint density at radius 2 is 1.32 bits per heavy atom. The molecule has 0 heterocycles. The van der Waals surface area contributed by atoms with E-state index < -0.39 is 0 Å². The smallest absolute Gasteiger partial charge is 0.0613 e. The Kier molecular flexibility index (Phi) is 4.82. The Balaban J connectivity index is 1.54. The average molecular weight is 427 g/mol. The van der Waals surface area contributed by atoms with Crippen LogP contribution in [0.25, 0.3) is 0 Å². The van der Waals surface area contributed by atoms with Gasteiger partial charge in [0.2, 0.25) is 0 Å². The number of aliphatic hydroxyl groups excluding tert-OH is 1. The topological polar surface area (TPSA) is 20.2 Å². The molecule has 176 valence electrons. The minimum atomic E-state index is -0.173. The second-order valence-corrected chi connectivity index (χ2v) is 14.8. The molecule has 1 heteroatoms. The van der Waals surface area contributed by atoms with Crippen LogP contribution in [0, 0.1) is 56.7 Å². The highest BCUT2D eigenvalue weighted by atomic mass is 16.3. The van der Waals surface area contributed by atoms with E-state index in [0.717, 1.165) is 24.2 Å². The lowest BCUT2D eigenvalue weighted by molar-refractivity contribution is -0.240. The molecule has 5 aliphatic carbocycles. The van der Waals surface area contributed by atoms with E-state index in [1.54, 1.807) is 0 Å². The number of hydrogen-bond acceptors (Lipinski definition) is 1. The summed E-state index contributed by atoms with van der Waals surface area (Å²) in [6.07, 6.45) is 13.5. The maximum Gasteiger partial charge on any atom is 0.0613 e. The monoisotopic (exact) mass is 426 g/mol. The fourth-order valence-corrected chi connectivity index (χ4v) is 12.0. The van der Waals surface area contributed by atoms with E-state index in [0.29, 0.717) is 33.5 Å². The van der Waals surface area contributed by atoms with Crippen LogP contribution in [0.3, 0.4) is 0 Å². The van der Waals surface area contributed by atoms with Crippen LogP contribution in [0.15, 0.2) is 12.2 Å². The molecule has 5 saturated carbocycles. The van der Waals surface area contributed by atoms with Crippen LogP contribution in [0.5, 0.6) is 0 Å². The summed E-state index contributed by atoms with van der Waals surface area (Å²) < 4.78 is 0. The SMILES string of the molecule is C=C(C)C1C(O)CC2(C)C1CCC1(C)C2CCC2C3(C)CCCC(C)(C)C3CCC21C. The Morgan fingerprint density at radius 1 is 0.742 bits per heavy atom. The zero-order valence-corrected chi connectivity index (χ0v) is 21.7. The third kappa shape index (κ3) is 2.65. The zero-order valence-electron chi connectivity index (χ0n) is 21.7. The lowest BCUT2D eigenvalue weighted by Gasteiger charge is -2.73. The van der Waals surface area contributed by atoms with Crippen LogP contribution in [0.1, 0.15) is 113 Å². The molecular formula is C30H50O. The van der Waals surface area contributed by atoms with Crippen molar-refractivity contribution in [1.29, 1.82) is 0 Å². The van der Waals surface area contributed by atoms with Crippen molar-refractivity contribution in [3.63, 3.8) is 0 Å². The summed E-state index contributed by atoms with van der Waals surface area (Å²) in [5, 5.41) is 11.1. The maximum absolute atomic E-state index is 11.1. The number of rotatable bonds is 1. The molecule has 0 amide bonds. The van der Waals surface area contributed by atoms with Gasteiger partial charge in [-0.25, -0.2) is 0 Å². The predicted molar refractivity (Wildman–Crippen MR) is 131 cm³/mol. The lowest BCUT2D eigenvalue weighted by Crippen LogP contribution is -2.65. The van der Waals surface area contributed by atoms with Gasteiger partial charge in [-0.05, 0) is 115 Å². The summed E-state index contributed by atoms with van der Waals surface area (Å²) >= 11 is 0. The molecule has 10 atom stereocenters. The second kappa shape index (κ2) is 6.64. The van der Waals surface area contributed by atoms with Crippen LogP contribution in [0.4, 0.5) is 0 Å². The Morgan fingerprint density at radius 3 is 1.94 bits per heavy atom. The van der Waals surface area contributed by atoms with Gasteiger partial charge in [-0.15, -0.1) is 0 Å². The fraction of sp³-hybridized carbons (Fsp3) is 0.933. The first kappa shape index (κ1) is 22.5. The zero-order chi connectivity index (χ0) is 22.6. The van der Waals surface area contributed by atoms with Crippen LogP contribution < -0.4 is 0 Å². The first-order valence-corrected chi connectivity index (χ1v) is 13.6. The summed E-state index contributed by atoms with van der Waals surface area (Å²) in [6.45, 7) is 22.4. The highest BCUT2D eigenvalue weighted by Gasteiger charge is 2.70. The molecule has 0 aliphatic heterocycles. The molecule has 0 bridgehead atoms. The van der Waals surface area contributed by atoms with Gasteiger partial charge in [-0.3, -0.25) is 0 Å². The van der Waals surface area contributed by atoms with Gasteiger partial charge in [0, 0.05) is 5.92 Å². The van der Waals surface area contributed by atoms with Crippen molar-refractivity contribution >= 4 is 0 Å². The summed E-state index contributed by atoms with van der Waals surface area (Å²) in [7, 11) is 0. The largest absolute Gasteiger partial charge is 0.392 e. The van der Waals surface area contributed by atoms with Crippen LogP contribution in [-0.2, 0) is 0 Å². The minimum absolute atomic E-state index is 0.173. The van der Waals surface area contributed by atoms with Crippen molar-refractivity contribution < 1.29 is 5.11 Å². The van der Waals surface area contributed by atoms with Crippen molar-refractivity contribution in [2.24, 2.45) is 56.7 Å². The number of fused-ring (bicyclic) bond motifs is 7. The standard InChI is InChI=1S/C30H50O/c1-19(2)25-20-12-16-29(7)24(28(20,6)18-21(25)31)11-10-23-27(5)15-9-14-26(3,4)22(27)13-17-30(23,29)8/h20-25,31H,1,9-18H2,2-8H3. The molecule has 0 aromatic carbocycles. The average Bonchev–Trinajstić information content (AvgIpc) is 2.91. The first-order valence-electron chi connectivity index (χ1n) is 13.6. The normalized spacial score (nSPS) is 57.9. The molecule has 0 saturated heterocycles. The van der Waals surface area contributed by atoms with Crippen molar-refractivity contribution in [1.82, 2.24) is 0 Å². The summed E-state index contributed by atoms with van der Waals surface area (Å²) in [6, 6.07) is 0. The molecule has 0 spiro atoms. The lowest BCUT2D eigenvalue weighted by atomic mass is 9.32. The van der Waals surface area contributed by atoms with Crippen molar-refractivity contribution in [2.45, 2.75) is 119 Å². The molecule has 1 N–H and O–H groups in total. The molecule has 31 heavy (non-hydrogen) atoms. The minimum Gasteiger partial charge on any atom is -0.392 e. The molecule has 0 aromatic rings. The molecule has 5 rings (SSSR count). The van der Waals surface area contributed by atoms with E-state index in [2.05, 4.69) is 55.0 Å². The van der Waals surface area contributed by atoms with Crippen molar-refractivity contribution in [2.75, 3.05) is 0 Å². The second-order valence-electron chi connectivity index (χ2n) is 14.8. The molecular weight excluding hydrogens is 376 g/mol. The Hall–Kier alpha value is -0.300. The van der Waals surface area contributed by atoms with Gasteiger partial charge in [0.1, 0.15) is 0 Å². The number of hydrogen-bond donors (Lipinski definition) is 1. The van der Waals surface area contributed by atoms with Gasteiger partial charge in [0.25, 0.3) is 0 Å². The van der Waals surface area contributed by atoms with Gasteiger partial charge in [0.15, 0.2) is 0 Å². The third-order valence-electron chi connectivity index (χ3n) is 13.3. The van der Waals surface area contributed by atoms with Crippen LogP contribution in [0.2, 0.25) is 0 Å². The Labute approximate surface area is 192 Å². The number of aliphatic hydroxyl groups is 1. The van der Waals surface area contributed by atoms with Crippen LogP contribution in [-0.4, -0.2) is 11.2 Å². The van der Waals surface area contributed by atoms with E-state index in [-0.39, 0.29) is 11.5 Å². The van der Waals surface area contributed by atoms with E-state index >= 15 is 0 Å². The molecule has 0 radical (unpaired) electrons. The quantitative estimate of drug-likeness (QED) is 0.421. The van der Waals surface area contributed by atoms with Crippen molar-refractivity contribution in [3.05, 3.63) is 12.2 Å². The van der Waals surface area contributed by atoms with Gasteiger partial charge in [-0.2, -0.15) is 0 Å². The fourth-order valence-electron chi connectivity index (χ4n) is 12.0. The van der Waals surface area contributed by atoms with E-state index in [1.165, 1.54) is 63.4 Å². The van der Waals surface area contributed by atoms with Gasteiger partial charge in [-0.1, -0.05) is 60.1 Å². The van der Waals surface area contributed by atoms with E-state index in [1.807, 2.05) is 0 Å². The molecule has 0 aromatic heterocycles. The van der Waals surface area contributed by atoms with Gasteiger partial charge in [0.05, 0.1) is 6.10 Å². The highest BCUT2D eigenvalue weighted by molar-refractivity contribution is 5.22. The third-order valence-corrected chi connectivity index (χ3v) is 13.3. The summed E-state index contributed by atoms with van der Waals surface area (Å²) in [5.74, 6) is 3.50. The maximum atomic E-state index is 11.1. The predicted octanol–water partition coefficient (Wildman–Crippen LogP) is 8.02. The van der Waals surface area contributed by atoms with Crippen LogP contribution >= 0.6 is 0 Å².